The monoisotopic (exact) mass is 234 g/mol. The first-order valence-electron chi connectivity index (χ1n) is 5.13. The zero-order valence-electron chi connectivity index (χ0n) is 9.28. The van der Waals surface area contributed by atoms with Crippen molar-refractivity contribution in [3.8, 4) is 0 Å². The van der Waals surface area contributed by atoms with Crippen molar-refractivity contribution >= 4 is 15.9 Å². The largest absolute Gasteiger partial charge is 0.306 e. The third kappa shape index (κ3) is 2.92. The first-order chi connectivity index (χ1) is 6.84. The van der Waals surface area contributed by atoms with Gasteiger partial charge in [0.1, 0.15) is 0 Å². The van der Waals surface area contributed by atoms with Crippen LogP contribution in [0.1, 0.15) is 27.2 Å². The number of hydrogen-bond acceptors (Lipinski definition) is 4. The van der Waals surface area contributed by atoms with E-state index in [-0.39, 0.29) is 12.0 Å². The van der Waals surface area contributed by atoms with Gasteiger partial charge in [0, 0.05) is 0 Å². The van der Waals surface area contributed by atoms with E-state index in [0.29, 0.717) is 0 Å². The van der Waals surface area contributed by atoms with Crippen LogP contribution in [0, 0.1) is 5.92 Å². The lowest BCUT2D eigenvalue weighted by molar-refractivity contribution is -0.121. The van der Waals surface area contributed by atoms with Gasteiger partial charge in [0.05, 0.1) is 11.3 Å². The summed E-state index contributed by atoms with van der Waals surface area (Å²) in [7, 11) is -3.50. The smallest absolute Gasteiger partial charge is 0.250 e. The molecule has 1 aliphatic rings. The molecule has 6 heteroatoms. The van der Waals surface area contributed by atoms with Crippen LogP contribution in [0.4, 0.5) is 0 Å². The summed E-state index contributed by atoms with van der Waals surface area (Å²) in [4.78, 5) is 11.6. The van der Waals surface area contributed by atoms with Crippen molar-refractivity contribution in [2.45, 2.75) is 38.5 Å². The van der Waals surface area contributed by atoms with Gasteiger partial charge in [0.15, 0.2) is 0 Å². The molecule has 2 unspecified atom stereocenters. The van der Waals surface area contributed by atoms with Gasteiger partial charge < -0.3 is 5.32 Å². The molecule has 2 N–H and O–H groups in total. The number of nitrogens with one attached hydrogen (secondary N) is 2. The van der Waals surface area contributed by atoms with Crippen LogP contribution >= 0.6 is 0 Å². The normalized spacial score (nSPS) is 26.9. The van der Waals surface area contributed by atoms with E-state index in [2.05, 4.69) is 10.0 Å². The molecule has 1 fully saturated rings. The maximum atomic E-state index is 11.6. The Bertz CT molecular complexity index is 337. The second-order valence-corrected chi connectivity index (χ2v) is 6.49. The van der Waals surface area contributed by atoms with E-state index < -0.39 is 21.2 Å². The summed E-state index contributed by atoms with van der Waals surface area (Å²) in [6, 6.07) is -0.376. The molecule has 0 bridgehead atoms. The second-order valence-electron chi connectivity index (χ2n) is 4.26. The number of amides is 1. The molecule has 88 valence electrons. The van der Waals surface area contributed by atoms with Crippen molar-refractivity contribution in [2.75, 3.05) is 6.54 Å². The summed E-state index contributed by atoms with van der Waals surface area (Å²) in [5.74, 6) is -0.249. The summed E-state index contributed by atoms with van der Waals surface area (Å²) < 4.78 is 25.0. The Morgan fingerprint density at radius 2 is 2.07 bits per heavy atom. The maximum Gasteiger partial charge on any atom is 0.250 e. The molecular formula is C9H18N2O3S. The lowest BCUT2D eigenvalue weighted by Crippen LogP contribution is -2.47. The predicted molar refractivity (Wildman–Crippen MR) is 57.8 cm³/mol. The van der Waals surface area contributed by atoms with Crippen molar-refractivity contribution in [1.82, 2.24) is 10.0 Å². The van der Waals surface area contributed by atoms with Crippen LogP contribution in [0.3, 0.4) is 0 Å². The molecular weight excluding hydrogens is 216 g/mol. The van der Waals surface area contributed by atoms with E-state index >= 15 is 0 Å². The Hall–Kier alpha value is -0.620. The number of sulfonamides is 1. The topological polar surface area (TPSA) is 75.3 Å². The fourth-order valence-electron chi connectivity index (χ4n) is 1.51. The molecule has 1 rings (SSSR count). The SMILES string of the molecule is CC1CCNC1C(=O)NS(=O)(=O)C(C)C. The molecule has 0 aromatic heterocycles. The van der Waals surface area contributed by atoms with Crippen LogP contribution < -0.4 is 10.0 Å². The van der Waals surface area contributed by atoms with Crippen LogP contribution in [-0.4, -0.2) is 32.2 Å². The molecule has 1 saturated heterocycles. The molecule has 2 atom stereocenters. The number of rotatable bonds is 3. The van der Waals surface area contributed by atoms with Crippen molar-refractivity contribution in [3.63, 3.8) is 0 Å². The minimum atomic E-state index is -3.50. The molecule has 15 heavy (non-hydrogen) atoms. The first kappa shape index (κ1) is 12.4. The summed E-state index contributed by atoms with van der Waals surface area (Å²) >= 11 is 0. The van der Waals surface area contributed by atoms with Crippen molar-refractivity contribution in [1.29, 1.82) is 0 Å². The van der Waals surface area contributed by atoms with E-state index in [1.54, 1.807) is 13.8 Å². The Morgan fingerprint density at radius 1 is 1.47 bits per heavy atom. The van der Waals surface area contributed by atoms with Crippen LogP contribution in [0.25, 0.3) is 0 Å². The second kappa shape index (κ2) is 4.49. The summed E-state index contributed by atoms with van der Waals surface area (Å²) in [5, 5.41) is 2.41. The Balaban J connectivity index is 2.64. The lowest BCUT2D eigenvalue weighted by Gasteiger charge is -2.16. The average molecular weight is 234 g/mol. The van der Waals surface area contributed by atoms with E-state index in [1.165, 1.54) is 0 Å². The fraction of sp³-hybridized carbons (Fsp3) is 0.889. The lowest BCUT2D eigenvalue weighted by atomic mass is 10.0. The molecule has 0 saturated carbocycles. The minimum Gasteiger partial charge on any atom is -0.306 e. The molecule has 1 heterocycles. The minimum absolute atomic E-state index is 0.187. The van der Waals surface area contributed by atoms with Crippen LogP contribution in [0.5, 0.6) is 0 Å². The highest BCUT2D eigenvalue weighted by Gasteiger charge is 2.32. The van der Waals surface area contributed by atoms with Gasteiger partial charge in [-0.2, -0.15) is 0 Å². The van der Waals surface area contributed by atoms with Crippen molar-refractivity contribution in [3.05, 3.63) is 0 Å². The van der Waals surface area contributed by atoms with Crippen LogP contribution in [0.15, 0.2) is 0 Å². The molecule has 1 aliphatic heterocycles. The third-order valence-electron chi connectivity index (χ3n) is 2.68. The zero-order valence-corrected chi connectivity index (χ0v) is 10.1. The number of hydrogen-bond donors (Lipinski definition) is 2. The van der Waals surface area contributed by atoms with E-state index in [0.717, 1.165) is 13.0 Å². The van der Waals surface area contributed by atoms with Crippen molar-refractivity contribution < 1.29 is 13.2 Å². The standard InChI is InChI=1S/C9H18N2O3S/c1-6(2)15(13,14)11-9(12)8-7(3)4-5-10-8/h6-8,10H,4-5H2,1-3H3,(H,11,12). The first-order valence-corrected chi connectivity index (χ1v) is 6.68. The highest BCUT2D eigenvalue weighted by molar-refractivity contribution is 7.90. The molecule has 0 spiro atoms. The summed E-state index contributed by atoms with van der Waals surface area (Å²) in [5.41, 5.74) is 0. The predicted octanol–water partition coefficient (Wildman–Crippen LogP) is -0.161. The van der Waals surface area contributed by atoms with E-state index in [9.17, 15) is 13.2 Å². The summed E-state index contributed by atoms with van der Waals surface area (Å²) in [6.07, 6.45) is 0.903. The van der Waals surface area contributed by atoms with Gasteiger partial charge in [-0.05, 0) is 32.7 Å². The molecule has 0 radical (unpaired) electrons. The van der Waals surface area contributed by atoms with Gasteiger partial charge in [0.25, 0.3) is 5.91 Å². The zero-order chi connectivity index (χ0) is 11.6. The Morgan fingerprint density at radius 3 is 2.47 bits per heavy atom. The Labute approximate surface area is 90.7 Å². The molecule has 5 nitrogen and oxygen atoms in total. The maximum absolute atomic E-state index is 11.6. The van der Waals surface area contributed by atoms with Crippen LogP contribution in [0.2, 0.25) is 0 Å². The van der Waals surface area contributed by atoms with Crippen LogP contribution in [-0.2, 0) is 14.8 Å². The van der Waals surface area contributed by atoms with Gasteiger partial charge in [-0.15, -0.1) is 0 Å². The van der Waals surface area contributed by atoms with Crippen molar-refractivity contribution in [2.24, 2.45) is 5.92 Å². The van der Waals surface area contributed by atoms with E-state index in [1.807, 2.05) is 6.92 Å². The third-order valence-corrected chi connectivity index (χ3v) is 4.41. The van der Waals surface area contributed by atoms with Gasteiger partial charge in [-0.25, -0.2) is 8.42 Å². The highest BCUT2D eigenvalue weighted by Crippen LogP contribution is 2.14. The Kier molecular flexibility index (Phi) is 3.72. The quantitative estimate of drug-likeness (QED) is 0.711. The highest BCUT2D eigenvalue weighted by atomic mass is 32.2. The molecule has 0 aromatic rings. The fourth-order valence-corrected chi connectivity index (χ4v) is 2.15. The summed E-state index contributed by atoms with van der Waals surface area (Å²) in [6.45, 7) is 5.79. The average Bonchev–Trinajstić information content (AvgIpc) is 2.50. The van der Waals surface area contributed by atoms with Gasteiger partial charge >= 0.3 is 0 Å². The molecule has 0 aliphatic carbocycles. The van der Waals surface area contributed by atoms with Gasteiger partial charge in [0.2, 0.25) is 10.0 Å². The number of carbonyl (C=O) groups is 1. The van der Waals surface area contributed by atoms with Gasteiger partial charge in [-0.1, -0.05) is 6.92 Å². The van der Waals surface area contributed by atoms with E-state index in [4.69, 9.17) is 0 Å². The molecule has 1 amide bonds. The molecule has 0 aromatic carbocycles. The van der Waals surface area contributed by atoms with Gasteiger partial charge in [-0.3, -0.25) is 9.52 Å². The number of carbonyl (C=O) groups excluding carboxylic acids is 1.